The Labute approximate surface area is 152 Å². The van der Waals surface area contributed by atoms with Crippen LogP contribution < -0.4 is 10.6 Å². The van der Waals surface area contributed by atoms with Crippen molar-refractivity contribution in [2.75, 3.05) is 60.7 Å². The summed E-state index contributed by atoms with van der Waals surface area (Å²) >= 11 is 0. The molecule has 0 radical (unpaired) electrons. The number of likely N-dealkylation sites (N-methyl/N-ethyl adjacent to an activating group) is 1. The van der Waals surface area contributed by atoms with Crippen LogP contribution in [0.4, 0.5) is 0 Å². The molecule has 0 aromatic heterocycles. The summed E-state index contributed by atoms with van der Waals surface area (Å²) < 4.78 is 10.4. The smallest absolute Gasteiger partial charge is 0.191 e. The van der Waals surface area contributed by atoms with Gasteiger partial charge in [-0.15, -0.1) is 0 Å². The molecule has 0 bridgehead atoms. The maximum Gasteiger partial charge on any atom is 0.191 e. The molecule has 0 aliphatic heterocycles. The number of methoxy groups -OCH3 is 1. The van der Waals surface area contributed by atoms with Gasteiger partial charge < -0.3 is 25.0 Å². The van der Waals surface area contributed by atoms with Crippen molar-refractivity contribution < 1.29 is 9.47 Å². The molecule has 1 rings (SSSR count). The Bertz CT molecular complexity index is 466. The van der Waals surface area contributed by atoms with Crippen molar-refractivity contribution in [3.63, 3.8) is 0 Å². The van der Waals surface area contributed by atoms with Crippen molar-refractivity contribution in [3.8, 4) is 0 Å². The number of rotatable bonds is 12. The van der Waals surface area contributed by atoms with Crippen LogP contribution in [0.5, 0.6) is 0 Å². The molecule has 0 saturated carbocycles. The van der Waals surface area contributed by atoms with Crippen LogP contribution in [0.15, 0.2) is 35.3 Å². The molecule has 0 aliphatic rings. The average molecular weight is 351 g/mol. The molecule has 1 unspecified atom stereocenters. The second-order valence-electron chi connectivity index (χ2n) is 6.00. The van der Waals surface area contributed by atoms with Gasteiger partial charge in [-0.05, 0) is 33.0 Å². The molecule has 0 spiro atoms. The maximum absolute atomic E-state index is 5.47. The molecule has 2 N–H and O–H groups in total. The first-order valence-corrected chi connectivity index (χ1v) is 8.99. The second kappa shape index (κ2) is 13.6. The van der Waals surface area contributed by atoms with E-state index in [1.54, 1.807) is 7.11 Å². The van der Waals surface area contributed by atoms with Crippen molar-refractivity contribution in [3.05, 3.63) is 35.9 Å². The highest BCUT2D eigenvalue weighted by Gasteiger charge is 2.13. The predicted molar refractivity (Wildman–Crippen MR) is 104 cm³/mol. The van der Waals surface area contributed by atoms with E-state index in [0.29, 0.717) is 19.8 Å². The normalized spacial score (nSPS) is 13.1. The van der Waals surface area contributed by atoms with Crippen molar-refractivity contribution in [1.29, 1.82) is 0 Å². The first-order chi connectivity index (χ1) is 12.2. The van der Waals surface area contributed by atoms with Gasteiger partial charge >= 0.3 is 0 Å². The lowest BCUT2D eigenvalue weighted by molar-refractivity contribution is 0.0698. The van der Waals surface area contributed by atoms with E-state index in [-0.39, 0.29) is 6.04 Å². The Kier molecular flexibility index (Phi) is 11.7. The molecule has 1 atom stereocenters. The maximum atomic E-state index is 5.47. The highest BCUT2D eigenvalue weighted by atomic mass is 16.5. The van der Waals surface area contributed by atoms with E-state index >= 15 is 0 Å². The highest BCUT2D eigenvalue weighted by molar-refractivity contribution is 5.79. The van der Waals surface area contributed by atoms with E-state index in [4.69, 9.17) is 14.5 Å². The van der Waals surface area contributed by atoms with Gasteiger partial charge in [-0.3, -0.25) is 4.99 Å². The van der Waals surface area contributed by atoms with E-state index < -0.39 is 0 Å². The Balaban J connectivity index is 2.47. The molecule has 1 aromatic carbocycles. The topological polar surface area (TPSA) is 58.1 Å². The van der Waals surface area contributed by atoms with Crippen LogP contribution in [0.3, 0.4) is 0 Å². The van der Waals surface area contributed by atoms with Crippen LogP contribution in [0, 0.1) is 0 Å². The number of ether oxygens (including phenoxy) is 2. The van der Waals surface area contributed by atoms with Crippen LogP contribution in [0.1, 0.15) is 24.9 Å². The fraction of sp³-hybridized carbons (Fsp3) is 0.632. The lowest BCUT2D eigenvalue weighted by Gasteiger charge is -2.23. The van der Waals surface area contributed by atoms with Crippen molar-refractivity contribution in [2.45, 2.75) is 19.4 Å². The van der Waals surface area contributed by atoms with Gasteiger partial charge in [0.15, 0.2) is 5.96 Å². The molecule has 0 heterocycles. The summed E-state index contributed by atoms with van der Waals surface area (Å²) in [7, 11) is 5.86. The van der Waals surface area contributed by atoms with Crippen LogP contribution >= 0.6 is 0 Å². The SMILES string of the molecule is CCNC(=NCC(c1ccccc1)N(C)C)NCCCOCCOC. The molecule has 6 nitrogen and oxygen atoms in total. The number of guanidine groups is 1. The summed E-state index contributed by atoms with van der Waals surface area (Å²) in [5, 5.41) is 6.67. The summed E-state index contributed by atoms with van der Waals surface area (Å²) in [5.41, 5.74) is 1.28. The van der Waals surface area contributed by atoms with Gasteiger partial charge in [0.05, 0.1) is 25.8 Å². The monoisotopic (exact) mass is 350 g/mol. The zero-order valence-corrected chi connectivity index (χ0v) is 16.1. The Hall–Kier alpha value is -1.63. The third-order valence-electron chi connectivity index (χ3n) is 3.76. The third-order valence-corrected chi connectivity index (χ3v) is 3.76. The highest BCUT2D eigenvalue weighted by Crippen LogP contribution is 2.17. The molecular formula is C19H34N4O2. The molecule has 0 saturated heterocycles. The number of nitrogens with one attached hydrogen (secondary N) is 2. The quantitative estimate of drug-likeness (QED) is 0.343. The van der Waals surface area contributed by atoms with Crippen LogP contribution in [-0.4, -0.2) is 71.5 Å². The number of nitrogens with zero attached hydrogens (tertiary/aromatic N) is 2. The number of benzene rings is 1. The summed E-state index contributed by atoms with van der Waals surface area (Å²) in [5.74, 6) is 0.849. The first-order valence-electron chi connectivity index (χ1n) is 8.99. The van der Waals surface area contributed by atoms with Gasteiger partial charge in [-0.2, -0.15) is 0 Å². The fourth-order valence-electron chi connectivity index (χ4n) is 2.39. The summed E-state index contributed by atoms with van der Waals surface area (Å²) in [6.45, 7) is 6.46. The van der Waals surface area contributed by atoms with Gasteiger partial charge in [0.25, 0.3) is 0 Å². The first kappa shape index (κ1) is 21.4. The Morgan fingerprint density at radius 1 is 1.12 bits per heavy atom. The van der Waals surface area contributed by atoms with Crippen molar-refractivity contribution in [1.82, 2.24) is 15.5 Å². The van der Waals surface area contributed by atoms with E-state index in [0.717, 1.165) is 32.1 Å². The molecule has 0 fully saturated rings. The molecule has 25 heavy (non-hydrogen) atoms. The van der Waals surface area contributed by atoms with Gasteiger partial charge in [0.1, 0.15) is 0 Å². The minimum absolute atomic E-state index is 0.258. The fourth-order valence-corrected chi connectivity index (χ4v) is 2.39. The molecule has 142 valence electrons. The predicted octanol–water partition coefficient (Wildman–Crippen LogP) is 1.90. The molecule has 0 aliphatic carbocycles. The number of aliphatic imine (C=N–C) groups is 1. The number of hydrogen-bond acceptors (Lipinski definition) is 4. The van der Waals surface area contributed by atoms with Crippen LogP contribution in [0.2, 0.25) is 0 Å². The molecule has 1 aromatic rings. The van der Waals surface area contributed by atoms with Gasteiger partial charge in [0, 0.05) is 26.8 Å². The Morgan fingerprint density at radius 2 is 1.88 bits per heavy atom. The Morgan fingerprint density at radius 3 is 2.52 bits per heavy atom. The lowest BCUT2D eigenvalue weighted by atomic mass is 10.1. The minimum Gasteiger partial charge on any atom is -0.382 e. The van der Waals surface area contributed by atoms with Gasteiger partial charge in [0.2, 0.25) is 0 Å². The van der Waals surface area contributed by atoms with Gasteiger partial charge in [-0.25, -0.2) is 0 Å². The lowest BCUT2D eigenvalue weighted by Crippen LogP contribution is -2.38. The molecule has 6 heteroatoms. The van der Waals surface area contributed by atoms with Crippen molar-refractivity contribution in [2.24, 2.45) is 4.99 Å². The average Bonchev–Trinajstić information content (AvgIpc) is 2.61. The number of hydrogen-bond donors (Lipinski definition) is 2. The second-order valence-corrected chi connectivity index (χ2v) is 6.00. The summed E-state index contributed by atoms with van der Waals surface area (Å²) in [6, 6.07) is 10.7. The zero-order chi connectivity index (χ0) is 18.3. The molecular weight excluding hydrogens is 316 g/mol. The third kappa shape index (κ3) is 9.43. The minimum atomic E-state index is 0.258. The van der Waals surface area contributed by atoms with E-state index in [9.17, 15) is 0 Å². The summed E-state index contributed by atoms with van der Waals surface area (Å²) in [6.07, 6.45) is 0.934. The zero-order valence-electron chi connectivity index (χ0n) is 16.1. The standard InChI is InChI=1S/C19H34N4O2/c1-5-20-19(21-12-9-13-25-15-14-24-4)22-16-18(23(2)3)17-10-7-6-8-11-17/h6-8,10-11,18H,5,9,12-16H2,1-4H3,(H2,20,21,22). The van der Waals surface area contributed by atoms with Crippen LogP contribution in [-0.2, 0) is 9.47 Å². The summed E-state index contributed by atoms with van der Waals surface area (Å²) in [4.78, 5) is 6.95. The van der Waals surface area contributed by atoms with E-state index in [1.807, 2.05) is 6.07 Å². The largest absolute Gasteiger partial charge is 0.382 e. The molecule has 0 amide bonds. The van der Waals surface area contributed by atoms with Crippen LogP contribution in [0.25, 0.3) is 0 Å². The van der Waals surface area contributed by atoms with E-state index in [1.165, 1.54) is 5.56 Å². The van der Waals surface area contributed by atoms with E-state index in [2.05, 4.69) is 60.8 Å². The van der Waals surface area contributed by atoms with Gasteiger partial charge in [-0.1, -0.05) is 30.3 Å². The van der Waals surface area contributed by atoms with Crippen molar-refractivity contribution >= 4 is 5.96 Å².